The van der Waals surface area contributed by atoms with Crippen LogP contribution in [0.15, 0.2) is 77.8 Å². The Morgan fingerprint density at radius 3 is 2.36 bits per heavy atom. The fraction of sp³-hybridized carbons (Fsp3) is 0.333. The summed E-state index contributed by atoms with van der Waals surface area (Å²) in [6, 6.07) is 22.3. The highest BCUT2D eigenvalue weighted by atomic mass is 32.2. The molecular weight excluding hydrogens is 468 g/mol. The zero-order valence-electron chi connectivity index (χ0n) is 21.6. The number of carboxylic acids is 1. The van der Waals surface area contributed by atoms with Crippen LogP contribution >= 0.6 is 11.8 Å². The molecule has 4 rings (SSSR count). The minimum Gasteiger partial charge on any atom is -0.487 e. The number of carboxylic acid groups (broad SMARTS) is 1. The molecule has 0 unspecified atom stereocenters. The van der Waals surface area contributed by atoms with Crippen LogP contribution in [0.3, 0.4) is 0 Å². The first kappa shape index (κ1) is 25.8. The third-order valence-electron chi connectivity index (χ3n) is 5.98. The topological polar surface area (TPSA) is 64.3 Å². The van der Waals surface area contributed by atoms with Gasteiger partial charge in [-0.1, -0.05) is 57.2 Å². The van der Waals surface area contributed by atoms with Crippen molar-refractivity contribution in [3.63, 3.8) is 0 Å². The summed E-state index contributed by atoms with van der Waals surface area (Å²) in [6.07, 6.45) is 2.19. The SMILES string of the molecule is CC(C)(C)Sc1c(CC(C)(C)C(=O)O)n(Cc2ccccc2)c2ccc(OCc3ccccn3)cc12. The molecule has 2 aromatic carbocycles. The Bertz CT molecular complexity index is 1340. The fourth-order valence-corrected chi connectivity index (χ4v) is 5.31. The van der Waals surface area contributed by atoms with Gasteiger partial charge in [-0.15, -0.1) is 11.8 Å². The Hall–Kier alpha value is -3.25. The summed E-state index contributed by atoms with van der Waals surface area (Å²) >= 11 is 1.78. The molecule has 188 valence electrons. The van der Waals surface area contributed by atoms with E-state index in [1.54, 1.807) is 31.8 Å². The molecule has 0 aliphatic heterocycles. The summed E-state index contributed by atoms with van der Waals surface area (Å²) in [7, 11) is 0. The predicted molar refractivity (Wildman–Crippen MR) is 147 cm³/mol. The van der Waals surface area contributed by atoms with Crippen molar-refractivity contribution in [2.24, 2.45) is 5.41 Å². The first-order valence-corrected chi connectivity index (χ1v) is 13.0. The van der Waals surface area contributed by atoms with Crippen LogP contribution < -0.4 is 4.74 Å². The normalized spacial score (nSPS) is 12.1. The summed E-state index contributed by atoms with van der Waals surface area (Å²) in [6.45, 7) is 11.2. The molecule has 0 atom stereocenters. The average Bonchev–Trinajstić information content (AvgIpc) is 3.09. The molecule has 0 bridgehead atoms. The lowest BCUT2D eigenvalue weighted by Crippen LogP contribution is -2.28. The molecule has 2 heterocycles. The lowest BCUT2D eigenvalue weighted by Gasteiger charge is -2.24. The van der Waals surface area contributed by atoms with Crippen LogP contribution in [0.2, 0.25) is 0 Å². The van der Waals surface area contributed by atoms with Crippen LogP contribution in [-0.4, -0.2) is 25.4 Å². The lowest BCUT2D eigenvalue weighted by atomic mass is 9.88. The Balaban J connectivity index is 1.85. The van der Waals surface area contributed by atoms with Gasteiger partial charge in [0, 0.05) is 45.4 Å². The summed E-state index contributed by atoms with van der Waals surface area (Å²) in [5.74, 6) is -0.0325. The monoisotopic (exact) mass is 502 g/mol. The summed E-state index contributed by atoms with van der Waals surface area (Å²) in [5, 5.41) is 11.0. The number of aliphatic carboxylic acids is 1. The van der Waals surface area contributed by atoms with Gasteiger partial charge in [0.05, 0.1) is 11.1 Å². The number of ether oxygens (including phenoxy) is 1. The standard InChI is InChI=1S/C30H34N2O3S/c1-29(2,3)36-27-24-17-23(35-20-22-13-9-10-16-31-22)14-15-25(24)32(19-21-11-7-6-8-12-21)26(27)18-30(4,5)28(33)34/h6-17H,18-20H2,1-5H3,(H,33,34). The van der Waals surface area contributed by atoms with Gasteiger partial charge in [-0.2, -0.15) is 0 Å². The predicted octanol–water partition coefficient (Wildman–Crippen LogP) is 7.21. The molecule has 0 radical (unpaired) electrons. The second kappa shape index (κ2) is 10.4. The number of aromatic nitrogens is 2. The smallest absolute Gasteiger partial charge is 0.309 e. The Morgan fingerprint density at radius 1 is 1.00 bits per heavy atom. The molecule has 6 heteroatoms. The number of pyridine rings is 1. The average molecular weight is 503 g/mol. The van der Waals surface area contributed by atoms with E-state index in [0.717, 1.165) is 32.9 Å². The minimum atomic E-state index is -0.908. The summed E-state index contributed by atoms with van der Waals surface area (Å²) in [5.41, 5.74) is 3.25. The van der Waals surface area contributed by atoms with Crippen LogP contribution in [0.4, 0.5) is 0 Å². The molecule has 5 nitrogen and oxygen atoms in total. The molecule has 0 aliphatic rings. The number of hydrogen-bond acceptors (Lipinski definition) is 4. The highest BCUT2D eigenvalue weighted by Crippen LogP contribution is 2.44. The maximum atomic E-state index is 12.1. The van der Waals surface area contributed by atoms with Crippen molar-refractivity contribution in [3.8, 4) is 5.75 Å². The molecule has 0 spiro atoms. The molecule has 1 N–H and O–H groups in total. The second-order valence-electron chi connectivity index (χ2n) is 10.7. The summed E-state index contributed by atoms with van der Waals surface area (Å²) < 4.78 is 8.34. The Labute approximate surface area is 217 Å². The van der Waals surface area contributed by atoms with Gasteiger partial charge in [-0.05, 0) is 49.7 Å². The highest BCUT2D eigenvalue weighted by Gasteiger charge is 2.32. The zero-order valence-corrected chi connectivity index (χ0v) is 22.4. The van der Waals surface area contributed by atoms with Crippen LogP contribution in [-0.2, 0) is 24.4 Å². The van der Waals surface area contributed by atoms with Crippen LogP contribution in [0.5, 0.6) is 5.75 Å². The number of fused-ring (bicyclic) bond motifs is 1. The maximum Gasteiger partial charge on any atom is 0.309 e. The molecule has 0 amide bonds. The van der Waals surface area contributed by atoms with Gasteiger partial charge >= 0.3 is 5.97 Å². The molecule has 0 aliphatic carbocycles. The number of nitrogens with zero attached hydrogens (tertiary/aromatic N) is 2. The Morgan fingerprint density at radius 2 is 1.72 bits per heavy atom. The van der Waals surface area contributed by atoms with E-state index < -0.39 is 11.4 Å². The van der Waals surface area contributed by atoms with Gasteiger partial charge in [-0.25, -0.2) is 0 Å². The van der Waals surface area contributed by atoms with Crippen LogP contribution in [0.25, 0.3) is 10.9 Å². The van der Waals surface area contributed by atoms with E-state index in [9.17, 15) is 9.90 Å². The third-order valence-corrected chi connectivity index (χ3v) is 7.26. The van der Waals surface area contributed by atoms with Crippen molar-refractivity contribution in [3.05, 3.63) is 89.9 Å². The summed E-state index contributed by atoms with van der Waals surface area (Å²) in [4.78, 5) is 17.6. The van der Waals surface area contributed by atoms with E-state index in [1.807, 2.05) is 42.5 Å². The van der Waals surface area contributed by atoms with E-state index in [-0.39, 0.29) is 4.75 Å². The number of carbonyl (C=O) groups is 1. The third kappa shape index (κ3) is 6.11. The van der Waals surface area contributed by atoms with Gasteiger partial charge < -0.3 is 14.4 Å². The maximum absolute atomic E-state index is 12.1. The van der Waals surface area contributed by atoms with Crippen LogP contribution in [0, 0.1) is 5.41 Å². The fourth-order valence-electron chi connectivity index (χ4n) is 4.12. The van der Waals surface area contributed by atoms with Gasteiger partial charge in [0.25, 0.3) is 0 Å². The van der Waals surface area contributed by atoms with Crippen molar-refractivity contribution in [2.75, 3.05) is 0 Å². The molecular formula is C30H34N2O3S. The van der Waals surface area contributed by atoms with E-state index in [0.29, 0.717) is 19.6 Å². The largest absolute Gasteiger partial charge is 0.487 e. The number of rotatable bonds is 9. The molecule has 0 fully saturated rings. The molecule has 36 heavy (non-hydrogen) atoms. The number of benzene rings is 2. The molecule has 0 saturated carbocycles. The van der Waals surface area contributed by atoms with E-state index in [1.165, 1.54) is 5.56 Å². The van der Waals surface area contributed by atoms with Gasteiger partial charge in [-0.3, -0.25) is 9.78 Å². The van der Waals surface area contributed by atoms with Crippen molar-refractivity contribution in [1.29, 1.82) is 0 Å². The molecule has 4 aromatic rings. The number of thioether (sulfide) groups is 1. The van der Waals surface area contributed by atoms with E-state index >= 15 is 0 Å². The van der Waals surface area contributed by atoms with E-state index in [4.69, 9.17) is 4.74 Å². The van der Waals surface area contributed by atoms with Crippen LogP contribution in [0.1, 0.15) is 51.6 Å². The van der Waals surface area contributed by atoms with Crippen molar-refractivity contribution in [2.45, 2.75) is 63.8 Å². The van der Waals surface area contributed by atoms with Gasteiger partial charge in [0.1, 0.15) is 12.4 Å². The quantitative estimate of drug-likeness (QED) is 0.245. The second-order valence-corrected chi connectivity index (χ2v) is 12.6. The highest BCUT2D eigenvalue weighted by molar-refractivity contribution is 8.00. The first-order valence-electron chi connectivity index (χ1n) is 12.2. The number of hydrogen-bond donors (Lipinski definition) is 1. The van der Waals surface area contributed by atoms with Crippen molar-refractivity contribution >= 4 is 28.6 Å². The lowest BCUT2D eigenvalue weighted by molar-refractivity contribution is -0.146. The molecule has 0 saturated heterocycles. The zero-order chi connectivity index (χ0) is 25.9. The molecule has 2 aromatic heterocycles. The minimum absolute atomic E-state index is 0.0567. The van der Waals surface area contributed by atoms with Crippen molar-refractivity contribution in [1.82, 2.24) is 9.55 Å². The van der Waals surface area contributed by atoms with E-state index in [2.05, 4.69) is 54.6 Å². The first-order chi connectivity index (χ1) is 17.0. The van der Waals surface area contributed by atoms with Crippen molar-refractivity contribution < 1.29 is 14.6 Å². The van der Waals surface area contributed by atoms with Gasteiger partial charge in [0.2, 0.25) is 0 Å². The Kier molecular flexibility index (Phi) is 7.46. The van der Waals surface area contributed by atoms with Gasteiger partial charge in [0.15, 0.2) is 0 Å².